The molecule has 3 aromatic rings. The summed E-state index contributed by atoms with van der Waals surface area (Å²) in [5, 5.41) is 3.00. The number of fused-ring (bicyclic) bond motifs is 1. The Hall–Kier alpha value is -3.20. The number of H-pyrrole nitrogens is 1. The lowest BCUT2D eigenvalue weighted by atomic mass is 10.1. The highest BCUT2D eigenvalue weighted by molar-refractivity contribution is 7.99. The molecule has 1 aromatic heterocycles. The third-order valence-corrected chi connectivity index (χ3v) is 4.39. The number of aromatic nitrogens is 1. The van der Waals surface area contributed by atoms with E-state index >= 15 is 0 Å². The number of alkyl halides is 2. The van der Waals surface area contributed by atoms with Gasteiger partial charge in [-0.3, -0.25) is 9.59 Å². The number of carbonyl (C=O) groups is 2. The van der Waals surface area contributed by atoms with Crippen LogP contribution < -0.4 is 10.9 Å². The number of amides is 1. The molecule has 0 bridgehead atoms. The zero-order chi connectivity index (χ0) is 20.1. The molecule has 0 atom stereocenters. The van der Waals surface area contributed by atoms with E-state index in [1.165, 1.54) is 24.3 Å². The van der Waals surface area contributed by atoms with Crippen LogP contribution in [0.5, 0.6) is 0 Å². The van der Waals surface area contributed by atoms with Gasteiger partial charge in [-0.25, -0.2) is 4.79 Å². The van der Waals surface area contributed by atoms with Crippen molar-refractivity contribution in [2.45, 2.75) is 10.7 Å². The summed E-state index contributed by atoms with van der Waals surface area (Å²) in [4.78, 5) is 38.9. The number of nitrogens with one attached hydrogen (secondary N) is 2. The van der Waals surface area contributed by atoms with Crippen molar-refractivity contribution in [2.75, 3.05) is 11.9 Å². The lowest BCUT2D eigenvalue weighted by Crippen LogP contribution is -2.21. The Morgan fingerprint density at radius 2 is 1.82 bits per heavy atom. The summed E-state index contributed by atoms with van der Waals surface area (Å²) < 4.78 is 29.6. The highest BCUT2D eigenvalue weighted by Gasteiger charge is 2.15. The van der Waals surface area contributed by atoms with Gasteiger partial charge in [-0.1, -0.05) is 30.0 Å². The number of ether oxygens (including phenoxy) is 1. The summed E-state index contributed by atoms with van der Waals surface area (Å²) in [6.45, 7) is -0.562. The average molecular weight is 404 g/mol. The molecule has 6 nitrogen and oxygen atoms in total. The number of esters is 1. The van der Waals surface area contributed by atoms with Crippen LogP contribution in [0.2, 0.25) is 0 Å². The number of anilines is 1. The van der Waals surface area contributed by atoms with Crippen LogP contribution in [0.25, 0.3) is 10.9 Å². The van der Waals surface area contributed by atoms with Crippen molar-refractivity contribution in [1.82, 2.24) is 4.98 Å². The summed E-state index contributed by atoms with van der Waals surface area (Å²) in [5.41, 5.74) is 0.451. The van der Waals surface area contributed by atoms with E-state index < -0.39 is 29.8 Å². The van der Waals surface area contributed by atoms with Crippen molar-refractivity contribution < 1.29 is 23.1 Å². The molecular formula is C19H14F2N2O4S. The van der Waals surface area contributed by atoms with Crippen LogP contribution in [-0.2, 0) is 9.53 Å². The van der Waals surface area contributed by atoms with Gasteiger partial charge in [0.2, 0.25) is 5.56 Å². The van der Waals surface area contributed by atoms with E-state index in [4.69, 9.17) is 4.74 Å². The molecule has 0 spiro atoms. The first kappa shape index (κ1) is 19.6. The normalized spacial score (nSPS) is 10.8. The van der Waals surface area contributed by atoms with E-state index in [1.807, 2.05) is 0 Å². The number of aromatic amines is 1. The first-order chi connectivity index (χ1) is 13.4. The van der Waals surface area contributed by atoms with Crippen LogP contribution in [0.3, 0.4) is 0 Å². The third kappa shape index (κ3) is 4.95. The fourth-order valence-corrected chi connectivity index (χ4v) is 3.00. The van der Waals surface area contributed by atoms with Gasteiger partial charge in [0.25, 0.3) is 11.7 Å². The molecule has 0 saturated heterocycles. The predicted octanol–water partition coefficient (Wildman–Crippen LogP) is 3.64. The van der Waals surface area contributed by atoms with Crippen LogP contribution in [0, 0.1) is 0 Å². The standard InChI is InChI=1S/C19H14F2N2O4S/c20-19(21)28-12-7-5-11(6-8-12)22-17(25)10-27-18(26)14-9-16(24)23-15-4-2-1-3-13(14)15/h1-9,19H,10H2,(H,22,25)(H,23,24). The molecular weight excluding hydrogens is 390 g/mol. The first-order valence-corrected chi connectivity index (χ1v) is 8.94. The summed E-state index contributed by atoms with van der Waals surface area (Å²) in [7, 11) is 0. The fourth-order valence-electron chi connectivity index (χ4n) is 2.50. The number of halogens is 2. The second kappa shape index (κ2) is 8.66. The van der Waals surface area contributed by atoms with E-state index in [9.17, 15) is 23.2 Å². The molecule has 2 N–H and O–H groups in total. The van der Waals surface area contributed by atoms with Crippen molar-refractivity contribution in [1.29, 1.82) is 0 Å². The first-order valence-electron chi connectivity index (χ1n) is 8.06. The van der Waals surface area contributed by atoms with E-state index in [-0.39, 0.29) is 5.56 Å². The Labute approximate surface area is 161 Å². The molecule has 0 saturated carbocycles. The van der Waals surface area contributed by atoms with Gasteiger partial charge in [0.15, 0.2) is 6.61 Å². The van der Waals surface area contributed by atoms with Crippen LogP contribution in [0.1, 0.15) is 10.4 Å². The molecule has 0 aliphatic heterocycles. The van der Waals surface area contributed by atoms with Gasteiger partial charge >= 0.3 is 5.97 Å². The molecule has 0 unspecified atom stereocenters. The Morgan fingerprint density at radius 1 is 1.11 bits per heavy atom. The largest absolute Gasteiger partial charge is 0.452 e. The number of benzene rings is 2. The maximum absolute atomic E-state index is 12.3. The van der Waals surface area contributed by atoms with Crippen molar-refractivity contribution >= 4 is 40.2 Å². The molecule has 1 heterocycles. The minimum Gasteiger partial charge on any atom is -0.452 e. The predicted molar refractivity (Wildman–Crippen MR) is 102 cm³/mol. The Bertz CT molecular complexity index is 1070. The van der Waals surface area contributed by atoms with Gasteiger partial charge < -0.3 is 15.0 Å². The molecule has 0 fully saturated rings. The molecule has 2 aromatic carbocycles. The van der Waals surface area contributed by atoms with Crippen molar-refractivity contribution in [2.24, 2.45) is 0 Å². The Balaban J connectivity index is 1.62. The van der Waals surface area contributed by atoms with Gasteiger partial charge in [0.1, 0.15) is 0 Å². The summed E-state index contributed by atoms with van der Waals surface area (Å²) in [6, 6.07) is 13.7. The molecule has 28 heavy (non-hydrogen) atoms. The molecule has 9 heteroatoms. The van der Waals surface area contributed by atoms with Gasteiger partial charge in [0.05, 0.1) is 5.56 Å². The lowest BCUT2D eigenvalue weighted by molar-refractivity contribution is -0.119. The number of rotatable bonds is 6. The van der Waals surface area contributed by atoms with Crippen LogP contribution in [0.15, 0.2) is 64.3 Å². The smallest absolute Gasteiger partial charge is 0.339 e. The second-order valence-corrected chi connectivity index (χ2v) is 6.68. The second-order valence-electron chi connectivity index (χ2n) is 5.62. The molecule has 1 amide bonds. The van der Waals surface area contributed by atoms with Crippen LogP contribution in [0.4, 0.5) is 14.5 Å². The maximum Gasteiger partial charge on any atom is 0.339 e. The maximum atomic E-state index is 12.3. The number of carbonyl (C=O) groups excluding carboxylic acids is 2. The lowest BCUT2D eigenvalue weighted by Gasteiger charge is -2.09. The number of thioether (sulfide) groups is 1. The van der Waals surface area contributed by atoms with Gasteiger partial charge in [0, 0.05) is 27.6 Å². The van der Waals surface area contributed by atoms with Crippen LogP contribution in [-0.4, -0.2) is 29.2 Å². The highest BCUT2D eigenvalue weighted by Crippen LogP contribution is 2.26. The molecule has 0 aliphatic rings. The quantitative estimate of drug-likeness (QED) is 0.484. The van der Waals surface area contributed by atoms with Crippen molar-refractivity contribution in [3.05, 3.63) is 70.5 Å². The topological polar surface area (TPSA) is 88.3 Å². The van der Waals surface area contributed by atoms with Crippen molar-refractivity contribution in [3.63, 3.8) is 0 Å². The molecule has 0 radical (unpaired) electrons. The monoisotopic (exact) mass is 404 g/mol. The third-order valence-electron chi connectivity index (χ3n) is 3.67. The Kier molecular flexibility index (Phi) is 6.05. The number of pyridine rings is 1. The van der Waals surface area contributed by atoms with E-state index in [0.29, 0.717) is 33.2 Å². The minimum absolute atomic E-state index is 0.0560. The summed E-state index contributed by atoms with van der Waals surface area (Å²) in [5.74, 6) is -3.93. The van der Waals surface area contributed by atoms with E-state index in [2.05, 4.69) is 10.3 Å². The zero-order valence-corrected chi connectivity index (χ0v) is 15.1. The number of para-hydroxylation sites is 1. The molecule has 3 rings (SSSR count). The average Bonchev–Trinajstić information content (AvgIpc) is 2.66. The van der Waals surface area contributed by atoms with E-state index in [1.54, 1.807) is 24.3 Å². The number of hydrogen-bond donors (Lipinski definition) is 2. The summed E-state index contributed by atoms with van der Waals surface area (Å²) in [6.07, 6.45) is 0. The van der Waals surface area contributed by atoms with E-state index in [0.717, 1.165) is 6.07 Å². The van der Waals surface area contributed by atoms with Crippen LogP contribution >= 0.6 is 11.8 Å². The highest BCUT2D eigenvalue weighted by atomic mass is 32.2. The number of hydrogen-bond acceptors (Lipinski definition) is 5. The SMILES string of the molecule is O=C(COC(=O)c1cc(=O)[nH]c2ccccc12)Nc1ccc(SC(F)F)cc1. The zero-order valence-electron chi connectivity index (χ0n) is 14.3. The Morgan fingerprint density at radius 3 is 2.54 bits per heavy atom. The van der Waals surface area contributed by atoms with Gasteiger partial charge in [-0.2, -0.15) is 8.78 Å². The summed E-state index contributed by atoms with van der Waals surface area (Å²) >= 11 is 0.396. The molecule has 0 aliphatic carbocycles. The van der Waals surface area contributed by atoms with Gasteiger partial charge in [-0.05, 0) is 30.3 Å². The van der Waals surface area contributed by atoms with Crippen molar-refractivity contribution in [3.8, 4) is 0 Å². The minimum atomic E-state index is -2.53. The fraction of sp³-hybridized carbons (Fsp3) is 0.105. The molecule has 144 valence electrons. The van der Waals surface area contributed by atoms with Gasteiger partial charge in [-0.15, -0.1) is 0 Å².